The van der Waals surface area contributed by atoms with Crippen LogP contribution in [0.5, 0.6) is 0 Å². The fourth-order valence-electron chi connectivity index (χ4n) is 3.69. The molecule has 1 aromatic heterocycles. The molecule has 0 radical (unpaired) electrons. The van der Waals surface area contributed by atoms with Crippen LogP contribution < -0.4 is 16.2 Å². The van der Waals surface area contributed by atoms with Crippen molar-refractivity contribution in [2.24, 2.45) is 18.4 Å². The van der Waals surface area contributed by atoms with Crippen LogP contribution in [0.1, 0.15) is 25.7 Å². The Bertz CT molecular complexity index is 607. The smallest absolute Gasteiger partial charge is 0.264 e. The lowest BCUT2D eigenvalue weighted by Gasteiger charge is -2.37. The number of halogens is 2. The summed E-state index contributed by atoms with van der Waals surface area (Å²) in [7, 11) is 1.68. The first-order valence-electron chi connectivity index (χ1n) is 7.41. The van der Waals surface area contributed by atoms with E-state index in [1.54, 1.807) is 19.3 Å². The third kappa shape index (κ3) is 2.96. The van der Waals surface area contributed by atoms with Gasteiger partial charge in [0.15, 0.2) is 0 Å². The van der Waals surface area contributed by atoms with Gasteiger partial charge in [0.25, 0.3) is 5.56 Å². The summed E-state index contributed by atoms with van der Waals surface area (Å²) in [6, 6.07) is 1.68. The predicted octanol–water partition coefficient (Wildman–Crippen LogP) is 2.29. The number of hydrogen-bond donors (Lipinski definition) is 2. The quantitative estimate of drug-likeness (QED) is 0.814. The summed E-state index contributed by atoms with van der Waals surface area (Å²) in [6.45, 7) is 1.70. The number of hydrogen-bond acceptors (Lipinski definition) is 3. The minimum absolute atomic E-state index is 0. The van der Waals surface area contributed by atoms with Crippen molar-refractivity contribution in [3.63, 3.8) is 0 Å². The lowest BCUT2D eigenvalue weighted by molar-refractivity contribution is -0.128. The van der Waals surface area contributed by atoms with Crippen LogP contribution in [-0.4, -0.2) is 23.6 Å². The monoisotopic (exact) mass is 389 g/mol. The molecule has 22 heavy (non-hydrogen) atoms. The summed E-state index contributed by atoms with van der Waals surface area (Å²) in [5, 5.41) is 6.39. The van der Waals surface area contributed by atoms with E-state index < -0.39 is 0 Å². The molecular formula is C15H21BrClN3O2. The Kier molecular flexibility index (Phi) is 5.35. The lowest BCUT2D eigenvalue weighted by Crippen LogP contribution is -2.44. The second-order valence-electron chi connectivity index (χ2n) is 6.18. The molecule has 1 aromatic rings. The van der Waals surface area contributed by atoms with E-state index in [4.69, 9.17) is 0 Å². The van der Waals surface area contributed by atoms with Gasteiger partial charge in [0, 0.05) is 19.8 Å². The first-order chi connectivity index (χ1) is 10.0. The van der Waals surface area contributed by atoms with Crippen LogP contribution in [0.15, 0.2) is 21.5 Å². The molecule has 2 fully saturated rings. The van der Waals surface area contributed by atoms with Crippen molar-refractivity contribution in [2.45, 2.75) is 25.7 Å². The van der Waals surface area contributed by atoms with Crippen molar-refractivity contribution in [3.8, 4) is 0 Å². The van der Waals surface area contributed by atoms with Gasteiger partial charge in [0.2, 0.25) is 5.91 Å². The molecule has 0 aromatic carbocycles. The molecule has 1 aliphatic heterocycles. The minimum Gasteiger partial charge on any atom is -0.324 e. The molecule has 3 rings (SSSR count). The largest absolute Gasteiger partial charge is 0.324 e. The summed E-state index contributed by atoms with van der Waals surface area (Å²) >= 11 is 3.24. The number of rotatable bonds is 2. The molecular weight excluding hydrogens is 370 g/mol. The van der Waals surface area contributed by atoms with Gasteiger partial charge in [-0.05, 0) is 47.3 Å². The van der Waals surface area contributed by atoms with E-state index in [0.717, 1.165) is 32.4 Å². The topological polar surface area (TPSA) is 63.1 Å². The van der Waals surface area contributed by atoms with Crippen LogP contribution >= 0.6 is 28.3 Å². The van der Waals surface area contributed by atoms with Crippen LogP contribution in [0, 0.1) is 11.3 Å². The summed E-state index contributed by atoms with van der Waals surface area (Å²) in [5.41, 5.74) is 0.281. The lowest BCUT2D eigenvalue weighted by atomic mass is 9.67. The number of aryl methyl sites for hydroxylation is 1. The van der Waals surface area contributed by atoms with Crippen LogP contribution in [0.2, 0.25) is 0 Å². The van der Waals surface area contributed by atoms with Crippen LogP contribution in [0.4, 0.5) is 5.69 Å². The van der Waals surface area contributed by atoms with E-state index in [1.807, 2.05) is 0 Å². The molecule has 0 bridgehead atoms. The van der Waals surface area contributed by atoms with Gasteiger partial charge in [-0.2, -0.15) is 0 Å². The van der Waals surface area contributed by atoms with Gasteiger partial charge in [-0.25, -0.2) is 0 Å². The maximum Gasteiger partial charge on any atom is 0.264 e. The Hall–Kier alpha value is -0.850. The zero-order valence-corrected chi connectivity index (χ0v) is 14.9. The highest BCUT2D eigenvalue weighted by atomic mass is 79.9. The Morgan fingerprint density at radius 1 is 1.50 bits per heavy atom. The zero-order valence-electron chi connectivity index (χ0n) is 12.5. The summed E-state index contributed by atoms with van der Waals surface area (Å²) in [4.78, 5) is 24.5. The molecule has 5 nitrogen and oxygen atoms in total. The number of pyridine rings is 1. The third-order valence-corrected chi connectivity index (χ3v) is 5.46. The summed E-state index contributed by atoms with van der Waals surface area (Å²) < 4.78 is 1.94. The van der Waals surface area contributed by atoms with Gasteiger partial charge in [0.05, 0.1) is 15.6 Å². The number of fused-ring (bicyclic) bond motifs is 1. The fourth-order valence-corrected chi connectivity index (χ4v) is 4.21. The van der Waals surface area contributed by atoms with E-state index in [1.165, 1.54) is 11.0 Å². The SMILES string of the molecule is Cl.Cn1cc(NC(=O)[C@@]23CCCC[C@H]2CNC3)cc(Br)c1=O. The molecule has 1 saturated heterocycles. The Morgan fingerprint density at radius 3 is 3.00 bits per heavy atom. The third-order valence-electron chi connectivity index (χ3n) is 4.89. The Balaban J connectivity index is 0.00000176. The molecule has 2 aliphatic rings. The van der Waals surface area contributed by atoms with Gasteiger partial charge in [-0.15, -0.1) is 12.4 Å². The first-order valence-corrected chi connectivity index (χ1v) is 8.20. The highest BCUT2D eigenvalue weighted by Crippen LogP contribution is 2.44. The fraction of sp³-hybridized carbons (Fsp3) is 0.600. The van der Waals surface area contributed by atoms with Crippen molar-refractivity contribution in [3.05, 3.63) is 27.1 Å². The van der Waals surface area contributed by atoms with Crippen molar-refractivity contribution in [1.82, 2.24) is 9.88 Å². The maximum absolute atomic E-state index is 12.8. The molecule has 2 heterocycles. The summed E-state index contributed by atoms with van der Waals surface area (Å²) in [6.07, 6.45) is 6.07. The highest BCUT2D eigenvalue weighted by molar-refractivity contribution is 9.10. The number of amides is 1. The van der Waals surface area contributed by atoms with Crippen molar-refractivity contribution in [2.75, 3.05) is 18.4 Å². The Morgan fingerprint density at radius 2 is 2.27 bits per heavy atom. The van der Waals surface area contributed by atoms with E-state index in [-0.39, 0.29) is 29.3 Å². The van der Waals surface area contributed by atoms with Gasteiger partial charge in [0.1, 0.15) is 0 Å². The van der Waals surface area contributed by atoms with Crippen LogP contribution in [0.25, 0.3) is 0 Å². The first kappa shape index (κ1) is 17.5. The van der Waals surface area contributed by atoms with Gasteiger partial charge in [-0.3, -0.25) is 9.59 Å². The molecule has 0 spiro atoms. The molecule has 2 atom stereocenters. The molecule has 1 saturated carbocycles. The second-order valence-corrected chi connectivity index (χ2v) is 7.03. The number of carbonyl (C=O) groups is 1. The minimum atomic E-state index is -0.278. The predicted molar refractivity (Wildman–Crippen MR) is 92.5 cm³/mol. The molecule has 1 amide bonds. The number of carbonyl (C=O) groups excluding carboxylic acids is 1. The van der Waals surface area contributed by atoms with Crippen LogP contribution in [0.3, 0.4) is 0 Å². The molecule has 0 unspecified atom stereocenters. The van der Waals surface area contributed by atoms with Crippen molar-refractivity contribution >= 4 is 39.9 Å². The molecule has 7 heteroatoms. The number of nitrogens with one attached hydrogen (secondary N) is 2. The molecule has 2 N–H and O–H groups in total. The average Bonchev–Trinajstić information content (AvgIpc) is 2.89. The Labute approximate surface area is 144 Å². The summed E-state index contributed by atoms with van der Waals surface area (Å²) in [5.74, 6) is 0.518. The average molecular weight is 391 g/mol. The second kappa shape index (κ2) is 6.72. The van der Waals surface area contributed by atoms with Crippen molar-refractivity contribution < 1.29 is 4.79 Å². The molecule has 122 valence electrons. The van der Waals surface area contributed by atoms with E-state index in [9.17, 15) is 9.59 Å². The zero-order chi connectivity index (χ0) is 15.0. The maximum atomic E-state index is 12.8. The number of aromatic nitrogens is 1. The number of anilines is 1. The standard InChI is InChI=1S/C15H20BrN3O2.ClH/c1-19-8-11(6-12(16)13(19)20)18-14(21)15-5-3-2-4-10(15)7-17-9-15;/h6,8,10,17H,2-5,7,9H2,1H3,(H,18,21);1H/t10-,15+;/m0./s1. The van der Waals surface area contributed by atoms with Gasteiger partial charge < -0.3 is 15.2 Å². The van der Waals surface area contributed by atoms with Crippen molar-refractivity contribution in [1.29, 1.82) is 0 Å². The molecule has 1 aliphatic carbocycles. The van der Waals surface area contributed by atoms with E-state index in [0.29, 0.717) is 16.1 Å². The van der Waals surface area contributed by atoms with Gasteiger partial charge in [-0.1, -0.05) is 12.8 Å². The van der Waals surface area contributed by atoms with E-state index >= 15 is 0 Å². The van der Waals surface area contributed by atoms with Crippen LogP contribution in [-0.2, 0) is 11.8 Å². The highest BCUT2D eigenvalue weighted by Gasteiger charge is 2.49. The van der Waals surface area contributed by atoms with E-state index in [2.05, 4.69) is 26.6 Å². The normalized spacial score (nSPS) is 26.9. The number of nitrogens with zero attached hydrogens (tertiary/aromatic N) is 1. The van der Waals surface area contributed by atoms with Gasteiger partial charge >= 0.3 is 0 Å².